The van der Waals surface area contributed by atoms with Crippen molar-refractivity contribution in [1.82, 2.24) is 0 Å². The molecule has 0 heterocycles. The molecule has 0 aliphatic heterocycles. The summed E-state index contributed by atoms with van der Waals surface area (Å²) in [7, 11) is -4.70. The Bertz CT molecular complexity index is 872. The number of halogens is 1. The summed E-state index contributed by atoms with van der Waals surface area (Å²) >= 11 is 5.68. The van der Waals surface area contributed by atoms with Crippen molar-refractivity contribution < 1.29 is 57.8 Å². The summed E-state index contributed by atoms with van der Waals surface area (Å²) < 4.78 is 31.2. The van der Waals surface area contributed by atoms with Gasteiger partial charge < -0.3 is 15.3 Å². The van der Waals surface area contributed by atoms with Gasteiger partial charge in [0.15, 0.2) is 5.75 Å². The van der Waals surface area contributed by atoms with Gasteiger partial charge in [0.1, 0.15) is 22.0 Å². The van der Waals surface area contributed by atoms with Crippen molar-refractivity contribution in [2.75, 3.05) is 0 Å². The van der Waals surface area contributed by atoms with Crippen molar-refractivity contribution in [2.45, 2.75) is 4.90 Å². The van der Waals surface area contributed by atoms with E-state index < -0.39 is 32.3 Å². The molecule has 0 saturated carbocycles. The van der Waals surface area contributed by atoms with Crippen LogP contribution in [0.3, 0.4) is 0 Å². The number of nitrogens with zero attached hydrogens (tertiary/aromatic N) is 2. The Labute approximate surface area is 158 Å². The summed E-state index contributed by atoms with van der Waals surface area (Å²) in [5.41, 5.74) is -0.418. The quantitative estimate of drug-likeness (QED) is 0.379. The van der Waals surface area contributed by atoms with Crippen LogP contribution < -0.4 is 34.7 Å². The van der Waals surface area contributed by atoms with Crippen molar-refractivity contribution in [3.05, 3.63) is 35.4 Å². The molecule has 0 saturated heterocycles. The van der Waals surface area contributed by atoms with E-state index in [-0.39, 0.29) is 46.0 Å². The SMILES string of the molecule is O=S(=O)(O)c1cc(Cl)cc(N=Nc2ccc([O-])cc2O)c1O.[Na+]. The Balaban J connectivity index is 0.00000264. The van der Waals surface area contributed by atoms with E-state index in [1.54, 1.807) is 0 Å². The number of hydrogen-bond donors (Lipinski definition) is 3. The van der Waals surface area contributed by atoms with Crippen molar-refractivity contribution in [2.24, 2.45) is 10.2 Å². The average Bonchev–Trinajstić information content (AvgIpc) is 2.39. The van der Waals surface area contributed by atoms with E-state index in [9.17, 15) is 23.7 Å². The fourth-order valence-electron chi connectivity index (χ4n) is 1.53. The number of hydrogen-bond acceptors (Lipinski definition) is 7. The van der Waals surface area contributed by atoms with E-state index in [4.69, 9.17) is 16.2 Å². The molecule has 0 unspecified atom stereocenters. The normalized spacial score (nSPS) is 11.4. The van der Waals surface area contributed by atoms with Crippen LogP contribution in [-0.2, 0) is 10.1 Å². The van der Waals surface area contributed by atoms with Crippen molar-refractivity contribution in [1.29, 1.82) is 0 Å². The molecular formula is C12H8ClN2NaO6S. The van der Waals surface area contributed by atoms with Gasteiger partial charge in [-0.1, -0.05) is 17.7 Å². The van der Waals surface area contributed by atoms with Gasteiger partial charge in [-0.3, -0.25) is 4.55 Å². The Kier molecular flexibility index (Phi) is 6.40. The van der Waals surface area contributed by atoms with E-state index in [2.05, 4.69) is 10.2 Å². The number of azo groups is 1. The fraction of sp³-hybridized carbons (Fsp3) is 0. The maximum Gasteiger partial charge on any atom is 1.00 e. The van der Waals surface area contributed by atoms with Gasteiger partial charge in [-0.2, -0.15) is 8.42 Å². The Morgan fingerprint density at radius 1 is 1.04 bits per heavy atom. The van der Waals surface area contributed by atoms with E-state index in [0.29, 0.717) is 0 Å². The van der Waals surface area contributed by atoms with Gasteiger partial charge in [-0.25, -0.2) is 0 Å². The third kappa shape index (κ3) is 4.80. The first-order valence-electron chi connectivity index (χ1n) is 5.60. The van der Waals surface area contributed by atoms with Crippen LogP contribution in [0, 0.1) is 0 Å². The minimum absolute atomic E-state index is 0. The van der Waals surface area contributed by atoms with Crippen molar-refractivity contribution in [3.63, 3.8) is 0 Å². The van der Waals surface area contributed by atoms with Crippen LogP contribution in [0.25, 0.3) is 0 Å². The van der Waals surface area contributed by atoms with Crippen LogP contribution in [0.4, 0.5) is 11.4 Å². The standard InChI is InChI=1S/C12H9ClN2O6S.Na/c13-6-3-9(12(18)11(4-6)22(19,20)21)15-14-8-2-1-7(16)5-10(8)17;/h1-5,16-18H,(H,19,20,21);/q;+1/p-1. The molecule has 0 aromatic heterocycles. The van der Waals surface area contributed by atoms with E-state index >= 15 is 0 Å². The third-order valence-electron chi connectivity index (χ3n) is 2.51. The Morgan fingerprint density at radius 3 is 2.22 bits per heavy atom. The van der Waals surface area contributed by atoms with Crippen molar-refractivity contribution >= 4 is 33.1 Å². The molecule has 116 valence electrons. The smallest absolute Gasteiger partial charge is 0.872 e. The monoisotopic (exact) mass is 366 g/mol. The first kappa shape index (κ1) is 19.7. The van der Waals surface area contributed by atoms with E-state index in [1.165, 1.54) is 6.07 Å². The van der Waals surface area contributed by atoms with Gasteiger partial charge in [0.2, 0.25) is 0 Å². The maximum absolute atomic E-state index is 11.1. The van der Waals surface area contributed by atoms with Gasteiger partial charge in [0.05, 0.1) is 0 Å². The molecule has 2 aromatic carbocycles. The molecule has 0 bridgehead atoms. The molecule has 0 atom stereocenters. The molecule has 2 aromatic rings. The second-order valence-corrected chi connectivity index (χ2v) is 5.92. The second-order valence-electron chi connectivity index (χ2n) is 4.10. The fourth-order valence-corrected chi connectivity index (χ4v) is 2.43. The molecular weight excluding hydrogens is 359 g/mol. The molecule has 8 nitrogen and oxygen atoms in total. The van der Waals surface area contributed by atoms with Crippen LogP contribution in [0.5, 0.6) is 17.2 Å². The molecule has 0 amide bonds. The van der Waals surface area contributed by atoms with Gasteiger partial charge in [-0.15, -0.1) is 16.0 Å². The molecule has 23 heavy (non-hydrogen) atoms. The predicted molar refractivity (Wildman–Crippen MR) is 74.7 cm³/mol. The molecule has 0 radical (unpaired) electrons. The van der Waals surface area contributed by atoms with E-state index in [1.807, 2.05) is 0 Å². The summed E-state index contributed by atoms with van der Waals surface area (Å²) in [6.07, 6.45) is 0. The minimum atomic E-state index is -4.70. The van der Waals surface area contributed by atoms with Gasteiger partial charge in [-0.05, 0) is 24.3 Å². The molecule has 0 fully saturated rings. The second kappa shape index (κ2) is 7.47. The van der Waals surface area contributed by atoms with Crippen LogP contribution in [0.1, 0.15) is 0 Å². The summed E-state index contributed by atoms with van der Waals surface area (Å²) in [4.78, 5) is -0.826. The molecule has 0 aliphatic rings. The Hall–Kier alpha value is -1.36. The van der Waals surface area contributed by atoms with Crippen molar-refractivity contribution in [3.8, 4) is 17.2 Å². The number of phenols is 2. The largest absolute Gasteiger partial charge is 1.00 e. The maximum atomic E-state index is 11.1. The number of benzene rings is 2. The zero-order chi connectivity index (χ0) is 16.5. The summed E-state index contributed by atoms with van der Waals surface area (Å²) in [6.45, 7) is 0. The summed E-state index contributed by atoms with van der Waals surface area (Å²) in [6, 6.07) is 5.18. The minimum Gasteiger partial charge on any atom is -0.872 e. The van der Waals surface area contributed by atoms with E-state index in [0.717, 1.165) is 24.3 Å². The topological polar surface area (TPSA) is 143 Å². The third-order valence-corrected chi connectivity index (χ3v) is 3.60. The molecule has 11 heteroatoms. The van der Waals surface area contributed by atoms with Crippen LogP contribution >= 0.6 is 11.6 Å². The zero-order valence-electron chi connectivity index (χ0n) is 11.6. The van der Waals surface area contributed by atoms with Gasteiger partial charge in [0.25, 0.3) is 10.1 Å². The molecule has 3 N–H and O–H groups in total. The first-order valence-corrected chi connectivity index (χ1v) is 7.42. The van der Waals surface area contributed by atoms with Gasteiger partial charge >= 0.3 is 29.6 Å². The van der Waals surface area contributed by atoms with Crippen LogP contribution in [0.15, 0.2) is 45.5 Å². The number of phenolic OH excluding ortho intramolecular Hbond substituents is 2. The molecule has 0 spiro atoms. The van der Waals surface area contributed by atoms with Gasteiger partial charge in [0, 0.05) is 5.02 Å². The Morgan fingerprint density at radius 2 is 1.65 bits per heavy atom. The molecule has 0 aliphatic carbocycles. The first-order chi connectivity index (χ1) is 10.2. The van der Waals surface area contributed by atoms with Crippen LogP contribution in [0.2, 0.25) is 5.02 Å². The predicted octanol–water partition coefficient (Wildman–Crippen LogP) is -0.509. The number of aromatic hydroxyl groups is 2. The molecule has 2 rings (SSSR count). The summed E-state index contributed by atoms with van der Waals surface area (Å²) in [5.74, 6) is -1.72. The van der Waals surface area contributed by atoms with Crippen LogP contribution in [-0.4, -0.2) is 23.2 Å². The zero-order valence-corrected chi connectivity index (χ0v) is 15.2. The summed E-state index contributed by atoms with van der Waals surface area (Å²) in [5, 5.41) is 37.3. The number of rotatable bonds is 3. The average molecular weight is 367 g/mol.